The third kappa shape index (κ3) is 4.64. The Balaban J connectivity index is 1.25. The van der Waals surface area contributed by atoms with Gasteiger partial charge in [0.25, 0.3) is 0 Å². The van der Waals surface area contributed by atoms with Crippen LogP contribution >= 0.6 is 0 Å². The van der Waals surface area contributed by atoms with Crippen LogP contribution < -0.4 is 0 Å². The molecule has 0 radical (unpaired) electrons. The Bertz CT molecular complexity index is 2500. The summed E-state index contributed by atoms with van der Waals surface area (Å²) >= 11 is 0. The smallest absolute Gasteiger partial charge is 0.123 e. The van der Waals surface area contributed by atoms with Gasteiger partial charge >= 0.3 is 0 Å². The molecule has 0 aliphatic rings. The molecule has 5 heteroatoms. The molecule has 0 aliphatic carbocycles. The molecule has 0 amide bonds. The van der Waals surface area contributed by atoms with E-state index in [1.807, 2.05) is 42.6 Å². The van der Waals surface area contributed by atoms with E-state index in [0.29, 0.717) is 0 Å². The standard InChI is InChI=1S/C42H27N5/c1-2-13-28(14-3-1)40-32-17-4-6-19-34(32)41(35-20-7-5-18-33(35)40)29-15-12-16-31(25-29)47-45-39-27-30(37-21-8-10-23-43-37)26-36(42(39)46-47)38-22-9-11-24-44-38/h1-27H. The molecule has 0 aliphatic heterocycles. The van der Waals surface area contributed by atoms with Crippen molar-refractivity contribution >= 4 is 32.6 Å². The van der Waals surface area contributed by atoms with Crippen LogP contribution in [-0.2, 0) is 0 Å². The van der Waals surface area contributed by atoms with Gasteiger partial charge in [0.2, 0.25) is 0 Å². The maximum Gasteiger partial charge on any atom is 0.123 e. The summed E-state index contributed by atoms with van der Waals surface area (Å²) in [7, 11) is 0. The van der Waals surface area contributed by atoms with Crippen molar-refractivity contribution in [2.24, 2.45) is 0 Å². The first-order valence-electron chi connectivity index (χ1n) is 15.7. The molecule has 6 aromatic carbocycles. The van der Waals surface area contributed by atoms with Crippen molar-refractivity contribution in [2.45, 2.75) is 0 Å². The SMILES string of the molecule is c1ccc(-c2c3ccccc3c(-c3cccc(-n4nc5cc(-c6ccccn6)cc(-c6ccccn6)c5n4)c3)c3ccccc23)cc1. The van der Waals surface area contributed by atoms with Crippen LogP contribution in [0.15, 0.2) is 164 Å². The number of nitrogens with zero attached hydrogens (tertiary/aromatic N) is 5. The molecule has 47 heavy (non-hydrogen) atoms. The normalized spacial score (nSPS) is 11.4. The van der Waals surface area contributed by atoms with E-state index in [1.165, 1.54) is 38.2 Å². The predicted octanol–water partition coefficient (Wildman–Crippen LogP) is 10.2. The van der Waals surface area contributed by atoms with Gasteiger partial charge in [0.05, 0.1) is 17.1 Å². The van der Waals surface area contributed by atoms with Gasteiger partial charge in [0.15, 0.2) is 0 Å². The van der Waals surface area contributed by atoms with Gasteiger partial charge in [-0.1, -0.05) is 103 Å². The van der Waals surface area contributed by atoms with Crippen molar-refractivity contribution in [3.8, 4) is 50.5 Å². The van der Waals surface area contributed by atoms with E-state index < -0.39 is 0 Å². The maximum absolute atomic E-state index is 5.05. The molecule has 3 heterocycles. The highest BCUT2D eigenvalue weighted by Gasteiger charge is 2.18. The Labute approximate surface area is 271 Å². The molecule has 0 bridgehead atoms. The molecule has 3 aromatic heterocycles. The highest BCUT2D eigenvalue weighted by Crippen LogP contribution is 2.43. The van der Waals surface area contributed by atoms with Crippen molar-refractivity contribution in [1.29, 1.82) is 0 Å². The number of fused-ring (bicyclic) bond motifs is 3. The van der Waals surface area contributed by atoms with Gasteiger partial charge in [-0.3, -0.25) is 9.97 Å². The summed E-state index contributed by atoms with van der Waals surface area (Å²) in [4.78, 5) is 11.0. The largest absolute Gasteiger partial charge is 0.256 e. The molecule has 0 unspecified atom stereocenters. The number of aromatic nitrogens is 5. The van der Waals surface area contributed by atoms with Crippen LogP contribution in [-0.4, -0.2) is 25.0 Å². The zero-order chi connectivity index (χ0) is 31.2. The highest BCUT2D eigenvalue weighted by molar-refractivity contribution is 6.21. The second-order valence-electron chi connectivity index (χ2n) is 11.6. The maximum atomic E-state index is 5.05. The van der Waals surface area contributed by atoms with E-state index >= 15 is 0 Å². The van der Waals surface area contributed by atoms with Gasteiger partial charge in [0.1, 0.15) is 11.0 Å². The fraction of sp³-hybridized carbons (Fsp3) is 0. The first kappa shape index (κ1) is 26.9. The van der Waals surface area contributed by atoms with Crippen LogP contribution in [0.3, 0.4) is 0 Å². The lowest BCUT2D eigenvalue weighted by Crippen LogP contribution is -1.99. The fourth-order valence-electron chi connectivity index (χ4n) is 6.67. The lowest BCUT2D eigenvalue weighted by Gasteiger charge is -2.18. The predicted molar refractivity (Wildman–Crippen MR) is 191 cm³/mol. The van der Waals surface area contributed by atoms with Crippen molar-refractivity contribution in [1.82, 2.24) is 25.0 Å². The first-order valence-corrected chi connectivity index (χ1v) is 15.7. The Morgan fingerprint density at radius 2 is 0.979 bits per heavy atom. The van der Waals surface area contributed by atoms with Gasteiger partial charge < -0.3 is 0 Å². The van der Waals surface area contributed by atoms with Crippen LogP contribution in [0.1, 0.15) is 0 Å². The van der Waals surface area contributed by atoms with Gasteiger partial charge in [-0.15, -0.1) is 10.2 Å². The number of hydrogen-bond donors (Lipinski definition) is 0. The number of pyridine rings is 2. The molecule has 0 fully saturated rings. The zero-order valence-corrected chi connectivity index (χ0v) is 25.3. The molecule has 5 nitrogen and oxygen atoms in total. The van der Waals surface area contributed by atoms with E-state index in [9.17, 15) is 0 Å². The van der Waals surface area contributed by atoms with Crippen molar-refractivity contribution in [3.63, 3.8) is 0 Å². The molecule has 9 rings (SSSR count). The minimum Gasteiger partial charge on any atom is -0.256 e. The molecule has 0 saturated heterocycles. The van der Waals surface area contributed by atoms with Gasteiger partial charge in [0, 0.05) is 23.5 Å². The summed E-state index contributed by atoms with van der Waals surface area (Å²) in [6.45, 7) is 0. The second-order valence-corrected chi connectivity index (χ2v) is 11.6. The average molecular weight is 602 g/mol. The van der Waals surface area contributed by atoms with Gasteiger partial charge in [-0.25, -0.2) is 0 Å². The van der Waals surface area contributed by atoms with E-state index in [4.69, 9.17) is 10.2 Å². The van der Waals surface area contributed by atoms with Gasteiger partial charge in [-0.05, 0) is 92.3 Å². The van der Waals surface area contributed by atoms with Crippen molar-refractivity contribution in [3.05, 3.63) is 164 Å². The zero-order valence-electron chi connectivity index (χ0n) is 25.3. The van der Waals surface area contributed by atoms with Crippen molar-refractivity contribution < 1.29 is 0 Å². The molecule has 0 saturated carbocycles. The Hall–Kier alpha value is -6.46. The van der Waals surface area contributed by atoms with Crippen LogP contribution in [0.4, 0.5) is 0 Å². The van der Waals surface area contributed by atoms with Crippen LogP contribution in [0, 0.1) is 0 Å². The van der Waals surface area contributed by atoms with E-state index in [0.717, 1.165) is 44.8 Å². The third-order valence-electron chi connectivity index (χ3n) is 8.75. The summed E-state index contributed by atoms with van der Waals surface area (Å²) in [5, 5.41) is 14.9. The van der Waals surface area contributed by atoms with E-state index in [2.05, 4.69) is 125 Å². The van der Waals surface area contributed by atoms with E-state index in [1.54, 1.807) is 11.0 Å². The molecular formula is C42H27N5. The molecule has 0 N–H and O–H groups in total. The summed E-state index contributed by atoms with van der Waals surface area (Å²) in [6, 6.07) is 52.6. The van der Waals surface area contributed by atoms with E-state index in [-0.39, 0.29) is 0 Å². The molecule has 0 atom stereocenters. The molecule has 0 spiro atoms. The van der Waals surface area contributed by atoms with Gasteiger partial charge in [-0.2, -0.15) is 4.80 Å². The second kappa shape index (κ2) is 11.2. The Kier molecular flexibility index (Phi) is 6.39. The first-order chi connectivity index (χ1) is 23.3. The summed E-state index contributed by atoms with van der Waals surface area (Å²) in [5.74, 6) is 0. The molecule has 9 aromatic rings. The lowest BCUT2D eigenvalue weighted by molar-refractivity contribution is 0.766. The molecular weight excluding hydrogens is 574 g/mol. The van der Waals surface area contributed by atoms with Crippen molar-refractivity contribution in [2.75, 3.05) is 0 Å². The minimum atomic E-state index is 0.780. The Morgan fingerprint density at radius 1 is 0.404 bits per heavy atom. The lowest BCUT2D eigenvalue weighted by atomic mass is 9.86. The summed E-state index contributed by atoms with van der Waals surface area (Å²) in [6.07, 6.45) is 3.61. The number of benzene rings is 6. The third-order valence-corrected chi connectivity index (χ3v) is 8.75. The van der Waals surface area contributed by atoms with Crippen LogP contribution in [0.2, 0.25) is 0 Å². The minimum absolute atomic E-state index is 0.780. The quantitative estimate of drug-likeness (QED) is 0.184. The topological polar surface area (TPSA) is 56.5 Å². The fourth-order valence-corrected chi connectivity index (χ4v) is 6.67. The number of rotatable bonds is 5. The Morgan fingerprint density at radius 3 is 1.62 bits per heavy atom. The number of hydrogen-bond acceptors (Lipinski definition) is 4. The van der Waals surface area contributed by atoms with Crippen LogP contribution in [0.5, 0.6) is 0 Å². The highest BCUT2D eigenvalue weighted by atomic mass is 15.5. The molecule has 220 valence electrons. The summed E-state index contributed by atoms with van der Waals surface area (Å²) < 4.78 is 0. The monoisotopic (exact) mass is 601 g/mol. The van der Waals surface area contributed by atoms with Crippen LogP contribution in [0.25, 0.3) is 83.0 Å². The summed E-state index contributed by atoms with van der Waals surface area (Å²) in [5.41, 5.74) is 10.8. The average Bonchev–Trinajstić information content (AvgIpc) is 3.59.